The molecule has 1 amide bonds. The molecule has 0 saturated carbocycles. The number of pyridine rings is 1. The van der Waals surface area contributed by atoms with Crippen molar-refractivity contribution < 1.29 is 29.0 Å². The molecule has 0 atom stereocenters. The molecule has 0 aliphatic carbocycles. The van der Waals surface area contributed by atoms with Gasteiger partial charge in [0, 0.05) is 19.3 Å². The molecule has 5 N–H and O–H groups in total. The molecule has 0 fully saturated rings. The molecule has 2 heterocycles. The van der Waals surface area contributed by atoms with Gasteiger partial charge in [-0.2, -0.15) is 0 Å². The van der Waals surface area contributed by atoms with E-state index >= 15 is 0 Å². The number of rotatable bonds is 9. The Hall–Kier alpha value is -4.02. The maximum atomic E-state index is 13.0. The third kappa shape index (κ3) is 9.66. The summed E-state index contributed by atoms with van der Waals surface area (Å²) in [6.07, 6.45) is 3.02. The number of hydrogen-bond donors (Lipinski definition) is 5. The van der Waals surface area contributed by atoms with Crippen molar-refractivity contribution in [2.45, 2.75) is 38.8 Å². The number of carboxylic acids is 2. The largest absolute Gasteiger partial charge is 0.481 e. The number of halogens is 2. The van der Waals surface area contributed by atoms with E-state index in [9.17, 15) is 18.8 Å². The molecule has 0 saturated heterocycles. The monoisotopic (exact) mass is 556 g/mol. The zero-order valence-electron chi connectivity index (χ0n) is 21.2. The molecule has 4 rings (SSSR count). The molecule has 9 nitrogen and oxygen atoms in total. The Kier molecular flexibility index (Phi) is 11.2. The fraction of sp³-hybridized carbons (Fsp3) is 0.286. The molecular weight excluding hydrogens is 527 g/mol. The summed E-state index contributed by atoms with van der Waals surface area (Å²) in [5, 5.41) is 26.2. The summed E-state index contributed by atoms with van der Waals surface area (Å²) in [4.78, 5) is 35.9. The van der Waals surface area contributed by atoms with Crippen LogP contribution < -0.4 is 16.0 Å². The SMILES string of the molecule is O=C(NCc1ccc(F)cc1)c1ccc(CNc2c(Cl)ccc3c2CCNCC3)cn1.O=C(O)CCC(=O)O. The first-order chi connectivity index (χ1) is 18.7. The minimum absolute atomic E-state index is 0.271. The van der Waals surface area contributed by atoms with Crippen molar-refractivity contribution in [1.29, 1.82) is 0 Å². The standard InChI is InChI=1S/C24H24ClFN4O.C4H6O4/c25-21-7-4-18-9-11-27-12-10-20(18)23(21)29-15-17-3-8-22(28-14-17)24(31)30-13-16-1-5-19(26)6-2-16;5-3(6)1-2-4(7)8/h1-8,14,27,29H,9-13,15H2,(H,30,31);1-2H2,(H,5,6)(H,7,8). The second-order valence-corrected chi connectivity index (χ2v) is 9.22. The van der Waals surface area contributed by atoms with Gasteiger partial charge in [-0.1, -0.05) is 35.9 Å². The van der Waals surface area contributed by atoms with Crippen LogP contribution in [0.2, 0.25) is 5.02 Å². The van der Waals surface area contributed by atoms with Crippen molar-refractivity contribution in [1.82, 2.24) is 15.6 Å². The fourth-order valence-corrected chi connectivity index (χ4v) is 4.12. The maximum Gasteiger partial charge on any atom is 0.303 e. The van der Waals surface area contributed by atoms with Crippen molar-refractivity contribution in [3.05, 3.63) is 93.5 Å². The minimum atomic E-state index is -1.08. The number of amides is 1. The summed E-state index contributed by atoms with van der Waals surface area (Å²) in [5.41, 5.74) is 5.68. The van der Waals surface area contributed by atoms with Crippen LogP contribution in [-0.4, -0.2) is 46.1 Å². The molecule has 3 aromatic rings. The molecule has 1 aliphatic heterocycles. The molecule has 0 spiro atoms. The predicted octanol–water partition coefficient (Wildman–Crippen LogP) is 4.04. The fourth-order valence-electron chi connectivity index (χ4n) is 3.88. The molecule has 206 valence electrons. The lowest BCUT2D eigenvalue weighted by molar-refractivity contribution is -0.143. The quantitative estimate of drug-likeness (QED) is 0.266. The summed E-state index contributed by atoms with van der Waals surface area (Å²) in [7, 11) is 0. The van der Waals surface area contributed by atoms with Gasteiger partial charge in [0.15, 0.2) is 0 Å². The molecule has 1 aromatic heterocycles. The number of benzene rings is 2. The van der Waals surface area contributed by atoms with E-state index in [1.54, 1.807) is 24.4 Å². The highest BCUT2D eigenvalue weighted by Crippen LogP contribution is 2.31. The lowest BCUT2D eigenvalue weighted by Crippen LogP contribution is -2.23. The first-order valence-corrected chi connectivity index (χ1v) is 12.8. The highest BCUT2D eigenvalue weighted by atomic mass is 35.5. The van der Waals surface area contributed by atoms with Crippen molar-refractivity contribution in [3.8, 4) is 0 Å². The molecular formula is C28H30ClFN4O5. The van der Waals surface area contributed by atoms with E-state index in [4.69, 9.17) is 21.8 Å². The number of carbonyl (C=O) groups excluding carboxylic acids is 1. The third-order valence-corrected chi connectivity index (χ3v) is 6.24. The van der Waals surface area contributed by atoms with Crippen molar-refractivity contribution in [3.63, 3.8) is 0 Å². The minimum Gasteiger partial charge on any atom is -0.481 e. The number of anilines is 1. The van der Waals surface area contributed by atoms with E-state index in [2.05, 4.69) is 27.0 Å². The van der Waals surface area contributed by atoms with Gasteiger partial charge in [0.05, 0.1) is 23.6 Å². The van der Waals surface area contributed by atoms with E-state index in [1.807, 2.05) is 12.1 Å². The van der Waals surface area contributed by atoms with E-state index in [0.717, 1.165) is 42.7 Å². The van der Waals surface area contributed by atoms with Crippen LogP contribution in [-0.2, 0) is 35.5 Å². The Morgan fingerprint density at radius 1 is 0.897 bits per heavy atom. The Morgan fingerprint density at radius 2 is 1.56 bits per heavy atom. The molecule has 1 aliphatic rings. The third-order valence-electron chi connectivity index (χ3n) is 5.93. The number of aromatic nitrogens is 1. The lowest BCUT2D eigenvalue weighted by atomic mass is 10.0. The number of nitrogens with zero attached hydrogens (tertiary/aromatic N) is 1. The van der Waals surface area contributed by atoms with Gasteiger partial charge < -0.3 is 26.2 Å². The van der Waals surface area contributed by atoms with Gasteiger partial charge in [-0.15, -0.1) is 0 Å². The molecule has 11 heteroatoms. The van der Waals surface area contributed by atoms with Gasteiger partial charge in [-0.25, -0.2) is 4.39 Å². The van der Waals surface area contributed by atoms with Crippen LogP contribution in [0.3, 0.4) is 0 Å². The molecule has 0 unspecified atom stereocenters. The number of carboxylic acid groups (broad SMARTS) is 2. The van der Waals surface area contributed by atoms with Crippen LogP contribution in [0.5, 0.6) is 0 Å². The summed E-state index contributed by atoms with van der Waals surface area (Å²) in [6.45, 7) is 2.79. The second-order valence-electron chi connectivity index (χ2n) is 8.81. The van der Waals surface area contributed by atoms with Gasteiger partial charge in [-0.3, -0.25) is 19.4 Å². The average Bonchev–Trinajstić information content (AvgIpc) is 3.17. The smallest absolute Gasteiger partial charge is 0.303 e. The maximum absolute atomic E-state index is 13.0. The number of hydrogen-bond acceptors (Lipinski definition) is 6. The first kappa shape index (κ1) is 29.5. The van der Waals surface area contributed by atoms with E-state index in [0.29, 0.717) is 23.8 Å². The Morgan fingerprint density at radius 3 is 2.21 bits per heavy atom. The van der Waals surface area contributed by atoms with Crippen LogP contribution >= 0.6 is 11.6 Å². The highest BCUT2D eigenvalue weighted by molar-refractivity contribution is 6.33. The van der Waals surface area contributed by atoms with Crippen LogP contribution in [0, 0.1) is 5.82 Å². The Labute approximate surface area is 230 Å². The molecule has 2 aromatic carbocycles. The number of aliphatic carboxylic acids is 2. The van der Waals surface area contributed by atoms with Gasteiger partial charge >= 0.3 is 11.9 Å². The Balaban J connectivity index is 0.000000459. The summed E-state index contributed by atoms with van der Waals surface area (Å²) < 4.78 is 13.0. The van der Waals surface area contributed by atoms with Crippen molar-refractivity contribution >= 4 is 35.1 Å². The summed E-state index contributed by atoms with van der Waals surface area (Å²) in [5.74, 6) is -2.72. The summed E-state index contributed by atoms with van der Waals surface area (Å²) >= 11 is 6.47. The first-order valence-electron chi connectivity index (χ1n) is 12.4. The number of carbonyl (C=O) groups is 3. The predicted molar refractivity (Wildman–Crippen MR) is 145 cm³/mol. The second kappa shape index (κ2) is 14.8. The lowest BCUT2D eigenvalue weighted by Gasteiger charge is -2.16. The van der Waals surface area contributed by atoms with Crippen LogP contribution in [0.15, 0.2) is 54.7 Å². The molecule has 0 bridgehead atoms. The summed E-state index contributed by atoms with van der Waals surface area (Å²) in [6, 6.07) is 13.7. The normalized spacial score (nSPS) is 12.3. The van der Waals surface area contributed by atoms with E-state index in [1.165, 1.54) is 23.3 Å². The molecule has 39 heavy (non-hydrogen) atoms. The topological polar surface area (TPSA) is 141 Å². The number of fused-ring (bicyclic) bond motifs is 1. The number of nitrogens with one attached hydrogen (secondary N) is 3. The van der Waals surface area contributed by atoms with Crippen molar-refractivity contribution in [2.24, 2.45) is 0 Å². The van der Waals surface area contributed by atoms with Gasteiger partial charge in [-0.05, 0) is 72.5 Å². The average molecular weight is 557 g/mol. The molecule has 0 radical (unpaired) electrons. The van der Waals surface area contributed by atoms with E-state index in [-0.39, 0.29) is 24.6 Å². The zero-order valence-corrected chi connectivity index (χ0v) is 21.9. The van der Waals surface area contributed by atoms with Crippen LogP contribution in [0.25, 0.3) is 0 Å². The van der Waals surface area contributed by atoms with Gasteiger partial charge in [0.25, 0.3) is 5.91 Å². The van der Waals surface area contributed by atoms with Crippen LogP contribution in [0.4, 0.5) is 10.1 Å². The van der Waals surface area contributed by atoms with Crippen molar-refractivity contribution in [2.75, 3.05) is 18.4 Å². The highest BCUT2D eigenvalue weighted by Gasteiger charge is 2.15. The van der Waals surface area contributed by atoms with E-state index < -0.39 is 11.9 Å². The van der Waals surface area contributed by atoms with Gasteiger partial charge in [0.2, 0.25) is 0 Å². The zero-order chi connectivity index (χ0) is 28.2. The van der Waals surface area contributed by atoms with Gasteiger partial charge in [0.1, 0.15) is 11.5 Å². The Bertz CT molecular complexity index is 1270. The van der Waals surface area contributed by atoms with Crippen LogP contribution in [0.1, 0.15) is 45.6 Å².